The fraction of sp³-hybridized carbons (Fsp3) is 0.400. The number of aromatic nitrogens is 2. The van der Waals surface area contributed by atoms with E-state index in [1.165, 1.54) is 35.2 Å². The van der Waals surface area contributed by atoms with Crippen LogP contribution in [0.3, 0.4) is 0 Å². The molecule has 23 heavy (non-hydrogen) atoms. The fourth-order valence-electron chi connectivity index (χ4n) is 2.42. The van der Waals surface area contributed by atoms with Crippen molar-refractivity contribution in [2.75, 3.05) is 36.8 Å². The molecule has 1 fully saturated rings. The number of nitrogens with zero attached hydrogens (tertiary/aromatic N) is 4. The van der Waals surface area contributed by atoms with Crippen molar-refractivity contribution in [2.24, 2.45) is 0 Å². The van der Waals surface area contributed by atoms with Gasteiger partial charge in [-0.1, -0.05) is 23.1 Å². The van der Waals surface area contributed by atoms with Crippen molar-refractivity contribution in [3.05, 3.63) is 35.1 Å². The second-order valence-corrected chi connectivity index (χ2v) is 7.62. The summed E-state index contributed by atoms with van der Waals surface area (Å²) < 4.78 is 13.8. The van der Waals surface area contributed by atoms with Crippen LogP contribution in [0.4, 0.5) is 10.1 Å². The minimum absolute atomic E-state index is 0.126. The van der Waals surface area contributed by atoms with Gasteiger partial charge in [-0.15, -0.1) is 10.2 Å². The summed E-state index contributed by atoms with van der Waals surface area (Å²) in [6.45, 7) is 4.80. The van der Waals surface area contributed by atoms with Gasteiger partial charge in [-0.25, -0.2) is 4.39 Å². The van der Waals surface area contributed by atoms with Gasteiger partial charge in [0.25, 0.3) is 0 Å². The molecule has 5 nitrogen and oxygen atoms in total. The molecule has 0 aliphatic carbocycles. The summed E-state index contributed by atoms with van der Waals surface area (Å²) in [5.74, 6) is 0.290. The van der Waals surface area contributed by atoms with Crippen molar-refractivity contribution in [2.45, 2.75) is 11.3 Å². The summed E-state index contributed by atoms with van der Waals surface area (Å²) in [6, 6.07) is 6.49. The maximum Gasteiger partial charge on any atom is 0.233 e. The zero-order valence-electron chi connectivity index (χ0n) is 12.7. The molecule has 0 N–H and O–H groups in total. The third kappa shape index (κ3) is 4.20. The van der Waals surface area contributed by atoms with Gasteiger partial charge in [-0.2, -0.15) is 0 Å². The van der Waals surface area contributed by atoms with Crippen LogP contribution in [-0.4, -0.2) is 52.9 Å². The number of halogens is 1. The van der Waals surface area contributed by atoms with Crippen LogP contribution >= 0.6 is 23.1 Å². The molecule has 2 heterocycles. The van der Waals surface area contributed by atoms with Crippen LogP contribution in [0.1, 0.15) is 5.01 Å². The molecular weight excluding hydrogens is 335 g/mol. The maximum absolute atomic E-state index is 13.0. The Morgan fingerprint density at radius 3 is 2.52 bits per heavy atom. The van der Waals surface area contributed by atoms with Gasteiger partial charge in [0.1, 0.15) is 10.8 Å². The number of piperazine rings is 1. The number of carbonyl (C=O) groups is 1. The Balaban J connectivity index is 1.48. The minimum Gasteiger partial charge on any atom is -0.368 e. The smallest absolute Gasteiger partial charge is 0.233 e. The summed E-state index contributed by atoms with van der Waals surface area (Å²) >= 11 is 2.95. The van der Waals surface area contributed by atoms with Crippen molar-refractivity contribution in [1.82, 2.24) is 15.1 Å². The van der Waals surface area contributed by atoms with E-state index in [4.69, 9.17) is 0 Å². The third-order valence-electron chi connectivity index (χ3n) is 3.65. The monoisotopic (exact) mass is 352 g/mol. The number of carbonyl (C=O) groups excluding carboxylic acids is 1. The highest BCUT2D eigenvalue weighted by molar-refractivity contribution is 8.01. The van der Waals surface area contributed by atoms with Gasteiger partial charge in [0.2, 0.25) is 5.91 Å². The summed E-state index contributed by atoms with van der Waals surface area (Å²) in [5.41, 5.74) is 0.997. The van der Waals surface area contributed by atoms with E-state index in [1.807, 2.05) is 11.8 Å². The van der Waals surface area contributed by atoms with Gasteiger partial charge in [0.05, 0.1) is 5.75 Å². The number of benzene rings is 1. The molecule has 0 spiro atoms. The van der Waals surface area contributed by atoms with Crippen LogP contribution < -0.4 is 4.90 Å². The molecule has 0 bridgehead atoms. The molecule has 3 rings (SSSR count). The summed E-state index contributed by atoms with van der Waals surface area (Å²) in [7, 11) is 0. The lowest BCUT2D eigenvalue weighted by Crippen LogP contribution is -2.49. The average Bonchev–Trinajstić information content (AvgIpc) is 2.99. The molecule has 1 amide bonds. The van der Waals surface area contributed by atoms with E-state index in [0.29, 0.717) is 18.8 Å². The first-order valence-electron chi connectivity index (χ1n) is 7.33. The van der Waals surface area contributed by atoms with E-state index >= 15 is 0 Å². The van der Waals surface area contributed by atoms with E-state index in [0.717, 1.165) is 28.1 Å². The number of rotatable bonds is 4. The van der Waals surface area contributed by atoms with Crippen molar-refractivity contribution in [3.8, 4) is 0 Å². The number of hydrogen-bond acceptors (Lipinski definition) is 6. The van der Waals surface area contributed by atoms with Gasteiger partial charge in [0, 0.05) is 31.9 Å². The quantitative estimate of drug-likeness (QED) is 0.791. The molecule has 0 unspecified atom stereocenters. The molecule has 2 aromatic rings. The summed E-state index contributed by atoms with van der Waals surface area (Å²) in [5, 5.41) is 8.87. The lowest BCUT2D eigenvalue weighted by atomic mass is 10.2. The molecule has 0 radical (unpaired) electrons. The predicted octanol–water partition coefficient (Wildman–Crippen LogP) is 2.43. The Morgan fingerprint density at radius 2 is 1.91 bits per heavy atom. The SMILES string of the molecule is Cc1nnc(SCC(=O)N2CCN(c3ccc(F)cc3)CC2)s1. The van der Waals surface area contributed by atoms with Gasteiger partial charge < -0.3 is 9.80 Å². The highest BCUT2D eigenvalue weighted by Gasteiger charge is 2.21. The number of anilines is 1. The van der Waals surface area contributed by atoms with E-state index in [2.05, 4.69) is 15.1 Å². The van der Waals surface area contributed by atoms with Crippen LogP contribution in [-0.2, 0) is 4.79 Å². The Morgan fingerprint density at radius 1 is 1.22 bits per heavy atom. The van der Waals surface area contributed by atoms with Gasteiger partial charge >= 0.3 is 0 Å². The number of thioether (sulfide) groups is 1. The first-order chi connectivity index (χ1) is 11.1. The molecule has 1 aliphatic heterocycles. The average molecular weight is 352 g/mol. The van der Waals surface area contributed by atoms with E-state index in [9.17, 15) is 9.18 Å². The van der Waals surface area contributed by atoms with Crippen molar-refractivity contribution < 1.29 is 9.18 Å². The van der Waals surface area contributed by atoms with Crippen LogP contribution in [0, 0.1) is 12.7 Å². The minimum atomic E-state index is -0.230. The van der Waals surface area contributed by atoms with Gasteiger partial charge in [-0.3, -0.25) is 4.79 Å². The van der Waals surface area contributed by atoms with Crippen molar-refractivity contribution >= 4 is 34.7 Å². The third-order valence-corrected chi connectivity index (χ3v) is 5.61. The zero-order chi connectivity index (χ0) is 16.2. The molecule has 8 heteroatoms. The van der Waals surface area contributed by atoms with Crippen LogP contribution in [0.15, 0.2) is 28.6 Å². The largest absolute Gasteiger partial charge is 0.368 e. The standard InChI is InChI=1S/C15H17FN4OS2/c1-11-17-18-15(23-11)22-10-14(21)20-8-6-19(7-9-20)13-4-2-12(16)3-5-13/h2-5H,6-10H2,1H3. The number of aryl methyl sites for hydroxylation is 1. The topological polar surface area (TPSA) is 49.3 Å². The normalized spacial score (nSPS) is 15.0. The number of amides is 1. The van der Waals surface area contributed by atoms with E-state index in [1.54, 1.807) is 12.1 Å². The molecule has 122 valence electrons. The van der Waals surface area contributed by atoms with Crippen LogP contribution in [0.2, 0.25) is 0 Å². The predicted molar refractivity (Wildman–Crippen MR) is 90.6 cm³/mol. The first kappa shape index (κ1) is 16.2. The Bertz CT molecular complexity index is 668. The van der Waals surface area contributed by atoms with E-state index in [-0.39, 0.29) is 11.7 Å². The van der Waals surface area contributed by atoms with E-state index < -0.39 is 0 Å². The lowest BCUT2D eigenvalue weighted by Gasteiger charge is -2.36. The highest BCUT2D eigenvalue weighted by Crippen LogP contribution is 2.23. The molecule has 1 aliphatic rings. The number of hydrogen-bond donors (Lipinski definition) is 0. The molecule has 0 saturated carbocycles. The second-order valence-electron chi connectivity index (χ2n) is 5.22. The molecule has 1 aromatic carbocycles. The van der Waals surface area contributed by atoms with Crippen molar-refractivity contribution in [1.29, 1.82) is 0 Å². The molecule has 1 aromatic heterocycles. The first-order valence-corrected chi connectivity index (χ1v) is 9.13. The zero-order valence-corrected chi connectivity index (χ0v) is 14.4. The van der Waals surface area contributed by atoms with Crippen LogP contribution in [0.25, 0.3) is 0 Å². The highest BCUT2D eigenvalue weighted by atomic mass is 32.2. The second kappa shape index (κ2) is 7.27. The molecular formula is C15H17FN4OS2. The molecule has 1 saturated heterocycles. The summed E-state index contributed by atoms with van der Waals surface area (Å²) in [4.78, 5) is 16.3. The van der Waals surface area contributed by atoms with Gasteiger partial charge in [-0.05, 0) is 31.2 Å². The Labute approximate surface area is 142 Å². The Hall–Kier alpha value is -1.67. The fourth-order valence-corrected chi connectivity index (χ4v) is 4.14. The van der Waals surface area contributed by atoms with Gasteiger partial charge in [0.15, 0.2) is 4.34 Å². The van der Waals surface area contributed by atoms with Crippen molar-refractivity contribution in [3.63, 3.8) is 0 Å². The maximum atomic E-state index is 13.0. The Kier molecular flexibility index (Phi) is 5.12. The summed E-state index contributed by atoms with van der Waals surface area (Å²) in [6.07, 6.45) is 0. The molecule has 0 atom stereocenters. The lowest BCUT2D eigenvalue weighted by molar-refractivity contribution is -0.128. The van der Waals surface area contributed by atoms with Crippen LogP contribution in [0.5, 0.6) is 0 Å².